The van der Waals surface area contributed by atoms with Crippen molar-refractivity contribution in [1.29, 1.82) is 0 Å². The number of benzene rings is 4. The Morgan fingerprint density at radius 1 is 0.538 bits per heavy atom. The molecular weight excluding hydrogens is 1210 g/mol. The fraction of sp³-hybridized carbons (Fsp3) is 0.595. The summed E-state index contributed by atoms with van der Waals surface area (Å²) in [5.74, 6) is 0.647. The summed E-state index contributed by atoms with van der Waals surface area (Å²) in [6.45, 7) is 42.0. The largest absolute Gasteiger partial charge is 0.417 e. The van der Waals surface area contributed by atoms with Crippen LogP contribution in [0.3, 0.4) is 0 Å². The van der Waals surface area contributed by atoms with E-state index in [1.807, 2.05) is 6.08 Å². The molecule has 0 saturated carbocycles. The number of carbonyl (C=O) groups is 2. The van der Waals surface area contributed by atoms with Crippen molar-refractivity contribution in [3.05, 3.63) is 158 Å². The Balaban J connectivity index is 1.00. The van der Waals surface area contributed by atoms with E-state index in [0.717, 1.165) is 57.6 Å². The van der Waals surface area contributed by atoms with Crippen molar-refractivity contribution in [2.45, 2.75) is 267 Å². The summed E-state index contributed by atoms with van der Waals surface area (Å²) in [6.07, 6.45) is 3.95. The first-order valence-corrected chi connectivity index (χ1v) is 42.0. The van der Waals surface area contributed by atoms with Gasteiger partial charge in [0, 0.05) is 38.7 Å². The van der Waals surface area contributed by atoms with Crippen molar-refractivity contribution in [3.63, 3.8) is 0 Å². The van der Waals surface area contributed by atoms with Crippen molar-refractivity contribution in [3.8, 4) is 0 Å². The minimum absolute atomic E-state index is 0.00923. The summed E-state index contributed by atoms with van der Waals surface area (Å²) in [7, 11) is -8.71. The standard InChI is InChI=1S/C79H110O11Si3/c1-51(50-82-91(15,16)77(6,7)8)43-68-55(5)65-47-57(81)46-60-40-42-67-72(85-60)76(90-93(79(12,13)14,63-33-25-19-26-34-63)64-35-27-20-28-36-64)75-74(87-67)73(89-92(78(9,10)11,61-29-21-17-22-30-61)62-31-23-18-24-32-62)71(88-75)48-56(80)37-38-58-45-53(3)66(83-58)41-39-59-44-52(2)54(4)69(84-59)49-70(65)86-68/h17-38,51-52,55,58-60,65-76H,3-4,39-50H2,1-2,5-16H3/b38-37+/t51-,52+,55+,58-,59-,60?,65+,66?,67-,68+,69?,70-,71+,72-,73-,74-,75+,76-/m0/s1. The molecule has 11 nitrogen and oxygen atoms in total. The molecular formula is C79H110O11Si3. The number of ether oxygens (including phenoxy) is 6. The molecule has 6 fully saturated rings. The molecule has 4 aromatic rings. The maximum atomic E-state index is 15.4. The topological polar surface area (TPSA) is 117 Å². The normalized spacial score (nSPS) is 33.5. The molecule has 3 unspecified atom stereocenters. The van der Waals surface area contributed by atoms with Gasteiger partial charge in [0.2, 0.25) is 0 Å². The summed E-state index contributed by atoms with van der Waals surface area (Å²) in [5, 5.41) is 3.77. The van der Waals surface area contributed by atoms with Crippen LogP contribution >= 0.6 is 0 Å². The van der Waals surface area contributed by atoms with Crippen LogP contribution in [0.15, 0.2) is 158 Å². The predicted molar refractivity (Wildman–Crippen MR) is 379 cm³/mol. The van der Waals surface area contributed by atoms with Crippen molar-refractivity contribution in [1.82, 2.24) is 0 Å². The van der Waals surface area contributed by atoms with Crippen LogP contribution < -0.4 is 20.7 Å². The third-order valence-corrected chi connectivity index (χ3v) is 37.4. The highest BCUT2D eigenvalue weighted by molar-refractivity contribution is 7.00. The monoisotopic (exact) mass is 1320 g/mol. The van der Waals surface area contributed by atoms with E-state index in [1.54, 1.807) is 6.08 Å². The summed E-state index contributed by atoms with van der Waals surface area (Å²) in [4.78, 5) is 30.4. The third-order valence-electron chi connectivity index (χ3n) is 22.8. The number of hydrogen-bond acceptors (Lipinski definition) is 11. The van der Waals surface area contributed by atoms with Crippen LogP contribution in [0.25, 0.3) is 0 Å². The first-order chi connectivity index (χ1) is 44.1. The zero-order valence-corrected chi connectivity index (χ0v) is 61.5. The predicted octanol–water partition coefficient (Wildman–Crippen LogP) is 14.1. The molecule has 0 spiro atoms. The Bertz CT molecular complexity index is 3150. The molecule has 504 valence electrons. The van der Waals surface area contributed by atoms with Gasteiger partial charge in [0.1, 0.15) is 36.3 Å². The lowest BCUT2D eigenvalue weighted by molar-refractivity contribution is -0.254. The molecule has 6 saturated heterocycles. The Morgan fingerprint density at radius 3 is 1.61 bits per heavy atom. The lowest BCUT2D eigenvalue weighted by atomic mass is 9.78. The van der Waals surface area contributed by atoms with E-state index in [2.05, 4.69) is 231 Å². The van der Waals surface area contributed by atoms with Gasteiger partial charge in [0.05, 0.1) is 54.9 Å². The summed E-state index contributed by atoms with van der Waals surface area (Å²) >= 11 is 0. The molecule has 0 amide bonds. The first kappa shape index (κ1) is 70.1. The second-order valence-electron chi connectivity index (χ2n) is 32.5. The van der Waals surface area contributed by atoms with Crippen molar-refractivity contribution in [2.75, 3.05) is 6.61 Å². The smallest absolute Gasteiger partial charge is 0.261 e. The van der Waals surface area contributed by atoms with E-state index in [0.29, 0.717) is 38.7 Å². The third kappa shape index (κ3) is 14.7. The van der Waals surface area contributed by atoms with E-state index in [9.17, 15) is 0 Å². The molecule has 14 heteroatoms. The quantitative estimate of drug-likeness (QED) is 0.0941. The van der Waals surface area contributed by atoms with Crippen molar-refractivity contribution in [2.24, 2.45) is 23.7 Å². The molecule has 0 N–H and O–H groups in total. The van der Waals surface area contributed by atoms with Gasteiger partial charge >= 0.3 is 0 Å². The van der Waals surface area contributed by atoms with Gasteiger partial charge in [-0.1, -0.05) is 224 Å². The van der Waals surface area contributed by atoms with Crippen molar-refractivity contribution < 1.29 is 51.3 Å². The lowest BCUT2D eigenvalue weighted by Crippen LogP contribution is -2.73. The molecule has 7 aliphatic rings. The number of allylic oxidation sites excluding steroid dienone is 1. The van der Waals surface area contributed by atoms with Gasteiger partial charge in [-0.05, 0) is 128 Å². The van der Waals surface area contributed by atoms with Gasteiger partial charge in [0.25, 0.3) is 16.6 Å². The maximum absolute atomic E-state index is 15.4. The van der Waals surface area contributed by atoms with Crippen LogP contribution in [0.4, 0.5) is 0 Å². The van der Waals surface area contributed by atoms with E-state index in [-0.39, 0.29) is 89.7 Å². The minimum Gasteiger partial charge on any atom is -0.417 e. The second kappa shape index (κ2) is 28.3. The Kier molecular flexibility index (Phi) is 21.3. The Morgan fingerprint density at radius 2 is 1.06 bits per heavy atom. The molecule has 0 radical (unpaired) electrons. The second-order valence-corrected chi connectivity index (χ2v) is 45.8. The van der Waals surface area contributed by atoms with E-state index < -0.39 is 83.9 Å². The molecule has 8 bridgehead atoms. The highest BCUT2D eigenvalue weighted by Gasteiger charge is 2.65. The average molecular weight is 1320 g/mol. The van der Waals surface area contributed by atoms with Crippen LogP contribution in [0.1, 0.15) is 154 Å². The summed E-state index contributed by atoms with van der Waals surface area (Å²) in [6, 6.07) is 42.9. The number of ketones is 2. The van der Waals surface area contributed by atoms with Crippen LogP contribution in [-0.4, -0.2) is 129 Å². The molecule has 7 aliphatic heterocycles. The summed E-state index contributed by atoms with van der Waals surface area (Å²) in [5.41, 5.74) is 2.12. The summed E-state index contributed by atoms with van der Waals surface area (Å²) < 4.78 is 67.6. The van der Waals surface area contributed by atoms with E-state index >= 15 is 9.59 Å². The van der Waals surface area contributed by atoms with Gasteiger partial charge in [-0.2, -0.15) is 0 Å². The number of Topliss-reactive ketones (excluding diaryl/α,β-unsaturated/α-hetero) is 1. The molecule has 11 rings (SSSR count). The number of carbonyl (C=O) groups excluding carboxylic acids is 2. The molecule has 18 atom stereocenters. The highest BCUT2D eigenvalue weighted by Crippen LogP contribution is 2.50. The maximum Gasteiger partial charge on any atom is 0.261 e. The van der Waals surface area contributed by atoms with Gasteiger partial charge in [-0.3, -0.25) is 9.59 Å². The Hall–Kier alpha value is -4.27. The number of fused-ring (bicyclic) bond motifs is 7. The van der Waals surface area contributed by atoms with Gasteiger partial charge in [-0.15, -0.1) is 0 Å². The fourth-order valence-electron chi connectivity index (χ4n) is 16.6. The zero-order valence-electron chi connectivity index (χ0n) is 58.5. The van der Waals surface area contributed by atoms with Gasteiger partial charge < -0.3 is 41.7 Å². The Labute approximate surface area is 560 Å². The van der Waals surface area contributed by atoms with E-state index in [1.165, 1.54) is 0 Å². The molecule has 0 aliphatic carbocycles. The van der Waals surface area contributed by atoms with Crippen molar-refractivity contribution >= 4 is 57.3 Å². The van der Waals surface area contributed by atoms with Crippen LogP contribution in [0, 0.1) is 23.7 Å². The van der Waals surface area contributed by atoms with Crippen LogP contribution in [0.5, 0.6) is 0 Å². The van der Waals surface area contributed by atoms with Gasteiger partial charge in [-0.25, -0.2) is 0 Å². The minimum atomic E-state index is -3.38. The SMILES string of the molecule is C=C1C[C@@H]2/C=C/C(=O)C[C@H]3O[C@H]4[C@@H](O[Si](c5ccccc5)(c5ccccc5)C(C)(C)C)[C@H]5OC(CC[C@@H]5O[C@H]4[C@H]3O[Si](c3ccccc3)(c3ccccc3)C(C)(C)C)CC(=O)C[C@@H]3[C@@H](C)[C@@H](C[C@H](C)CO[Si](C)(C)C(C)(C)C)O[C@H]3CC3O[C@@H](CCC1O2)C[C@@H](C)C3=C. The number of hydrogen-bond donors (Lipinski definition) is 0. The molecule has 0 aromatic heterocycles. The van der Waals surface area contributed by atoms with E-state index in [4.69, 9.17) is 41.7 Å². The first-order valence-electron chi connectivity index (χ1n) is 35.3. The molecule has 4 aromatic carbocycles. The average Bonchev–Trinajstić information content (AvgIpc) is 1.71. The molecule has 7 heterocycles. The fourth-order valence-corrected chi connectivity index (χ4v) is 27.1. The molecule has 93 heavy (non-hydrogen) atoms. The zero-order chi connectivity index (χ0) is 66.4. The number of rotatable bonds is 13. The lowest BCUT2D eigenvalue weighted by Gasteiger charge is -2.53. The van der Waals surface area contributed by atoms with Crippen LogP contribution in [0.2, 0.25) is 28.2 Å². The van der Waals surface area contributed by atoms with Crippen LogP contribution in [-0.2, 0) is 51.3 Å². The van der Waals surface area contributed by atoms with Gasteiger partial charge in [0.15, 0.2) is 14.1 Å². The highest BCUT2D eigenvalue weighted by atomic mass is 28.4.